The van der Waals surface area contributed by atoms with Crippen LogP contribution < -0.4 is 4.18 Å². The average Bonchev–Trinajstić information content (AvgIpc) is 2.31. The first-order valence-corrected chi connectivity index (χ1v) is 7.56. The van der Waals surface area contributed by atoms with Gasteiger partial charge in [0.25, 0.3) is 0 Å². The molecule has 0 unspecified atom stereocenters. The van der Waals surface area contributed by atoms with Crippen molar-refractivity contribution in [3.8, 4) is 16.9 Å². The summed E-state index contributed by atoms with van der Waals surface area (Å²) in [5.74, 6) is 0.0281. The molecule has 6 heteroatoms. The van der Waals surface area contributed by atoms with E-state index in [0.29, 0.717) is 5.56 Å². The number of benzene rings is 2. The molecule has 0 bridgehead atoms. The summed E-state index contributed by atoms with van der Waals surface area (Å²) in [5, 5.41) is 0.181. The van der Waals surface area contributed by atoms with E-state index < -0.39 is 9.33 Å². The zero-order valence-corrected chi connectivity index (χ0v) is 11.3. The van der Waals surface area contributed by atoms with Gasteiger partial charge in [-0.25, -0.2) is 0 Å². The lowest BCUT2D eigenvalue weighted by atomic mass is 10.1. The Hall–Kier alpha value is -1.23. The fraction of sp³-hybridized carbons (Fsp3) is 0. The molecule has 2 aromatic rings. The molecule has 0 aliphatic carbocycles. The van der Waals surface area contributed by atoms with Gasteiger partial charge in [0, 0.05) is 5.56 Å². The summed E-state index contributed by atoms with van der Waals surface area (Å²) in [4.78, 5) is 0. The van der Waals surface area contributed by atoms with Crippen molar-refractivity contribution in [3.63, 3.8) is 0 Å². The Bertz CT molecular complexity index is 654. The van der Waals surface area contributed by atoms with Crippen LogP contribution >= 0.6 is 22.3 Å². The van der Waals surface area contributed by atoms with E-state index in [1.165, 1.54) is 6.07 Å². The van der Waals surface area contributed by atoms with Gasteiger partial charge < -0.3 is 4.18 Å². The van der Waals surface area contributed by atoms with E-state index in [1.54, 1.807) is 12.1 Å². The Morgan fingerprint density at radius 3 is 2.22 bits per heavy atom. The quantitative estimate of drug-likeness (QED) is 0.808. The second kappa shape index (κ2) is 5.18. The third kappa shape index (κ3) is 3.16. The van der Waals surface area contributed by atoms with Gasteiger partial charge in [0.05, 0.1) is 15.7 Å². The van der Waals surface area contributed by atoms with Gasteiger partial charge in [-0.1, -0.05) is 54.1 Å². The molecule has 94 valence electrons. The lowest BCUT2D eigenvalue weighted by Gasteiger charge is -2.10. The third-order valence-electron chi connectivity index (χ3n) is 2.23. The van der Waals surface area contributed by atoms with Gasteiger partial charge in [0.2, 0.25) is 0 Å². The van der Waals surface area contributed by atoms with Crippen LogP contribution in [0.3, 0.4) is 0 Å². The molecule has 2 rings (SSSR count). The fourth-order valence-electron chi connectivity index (χ4n) is 1.54. The zero-order valence-electron chi connectivity index (χ0n) is 9.01. The van der Waals surface area contributed by atoms with Crippen LogP contribution in [0.4, 0.5) is 0 Å². The highest BCUT2D eigenvalue weighted by molar-refractivity contribution is 8.10. The molecule has 0 fully saturated rings. The Balaban J connectivity index is 2.58. The van der Waals surface area contributed by atoms with E-state index in [0.717, 1.165) is 5.56 Å². The fourth-order valence-corrected chi connectivity index (χ4v) is 2.36. The first-order chi connectivity index (χ1) is 8.47. The number of halogens is 2. The van der Waals surface area contributed by atoms with Crippen molar-refractivity contribution in [2.75, 3.05) is 0 Å². The summed E-state index contributed by atoms with van der Waals surface area (Å²) in [6, 6.07) is 14.1. The summed E-state index contributed by atoms with van der Waals surface area (Å²) in [6.45, 7) is 0. The monoisotopic (exact) mass is 302 g/mol. The number of hydrogen-bond donors (Lipinski definition) is 0. The van der Waals surface area contributed by atoms with Crippen molar-refractivity contribution in [1.82, 2.24) is 0 Å². The van der Waals surface area contributed by atoms with Crippen LogP contribution in [0.15, 0.2) is 48.5 Å². The lowest BCUT2D eigenvalue weighted by Crippen LogP contribution is -2.01. The second-order valence-corrected chi connectivity index (χ2v) is 5.95. The van der Waals surface area contributed by atoms with Crippen LogP contribution in [0, 0.1) is 0 Å². The van der Waals surface area contributed by atoms with E-state index in [4.69, 9.17) is 26.5 Å². The topological polar surface area (TPSA) is 43.4 Å². The molecule has 18 heavy (non-hydrogen) atoms. The van der Waals surface area contributed by atoms with Gasteiger partial charge in [-0.3, -0.25) is 0 Å². The molecule has 0 aliphatic rings. The van der Waals surface area contributed by atoms with E-state index in [1.807, 2.05) is 30.3 Å². The SMILES string of the molecule is O=S(=O)(Cl)Oc1c(Cl)cccc1-c1ccccc1. The number of para-hydroxylation sites is 1. The minimum Gasteiger partial charge on any atom is -0.369 e. The van der Waals surface area contributed by atoms with Crippen LogP contribution in [-0.4, -0.2) is 8.42 Å². The van der Waals surface area contributed by atoms with Crippen LogP contribution in [0.1, 0.15) is 0 Å². The number of rotatable bonds is 3. The third-order valence-corrected chi connectivity index (χ3v) is 3.09. The summed E-state index contributed by atoms with van der Waals surface area (Å²) >= 11 is 5.94. The molecule has 3 nitrogen and oxygen atoms in total. The van der Waals surface area contributed by atoms with Gasteiger partial charge >= 0.3 is 9.33 Å². The summed E-state index contributed by atoms with van der Waals surface area (Å²) in [7, 11) is 0.948. The molecule has 0 aliphatic heterocycles. The molecule has 0 amide bonds. The molecule has 0 aromatic heterocycles. The van der Waals surface area contributed by atoms with Gasteiger partial charge in [-0.15, -0.1) is 0 Å². The largest absolute Gasteiger partial charge is 0.401 e. The van der Waals surface area contributed by atoms with E-state index in [2.05, 4.69) is 0 Å². The molecule has 0 radical (unpaired) electrons. The Morgan fingerprint density at radius 2 is 1.61 bits per heavy atom. The standard InChI is InChI=1S/C12H8Cl2O3S/c13-11-8-4-7-10(9-5-2-1-3-6-9)12(11)17-18(14,15)16/h1-8H. The summed E-state index contributed by atoms with van der Waals surface area (Å²) < 4.78 is 26.8. The Labute approximate surface area is 115 Å². The average molecular weight is 303 g/mol. The highest BCUT2D eigenvalue weighted by Crippen LogP contribution is 2.37. The van der Waals surface area contributed by atoms with Crippen molar-refractivity contribution >= 4 is 31.6 Å². The van der Waals surface area contributed by atoms with E-state index in [9.17, 15) is 8.42 Å². The Kier molecular flexibility index (Phi) is 3.80. The molecule has 0 saturated carbocycles. The summed E-state index contributed by atoms with van der Waals surface area (Å²) in [6.07, 6.45) is 0. The molecule has 0 atom stereocenters. The molecule has 0 saturated heterocycles. The maximum absolute atomic E-state index is 11.0. The van der Waals surface area contributed by atoms with Crippen molar-refractivity contribution in [1.29, 1.82) is 0 Å². The van der Waals surface area contributed by atoms with Crippen LogP contribution in [-0.2, 0) is 9.33 Å². The van der Waals surface area contributed by atoms with Gasteiger partial charge in [-0.05, 0) is 11.6 Å². The van der Waals surface area contributed by atoms with Crippen LogP contribution in [0.2, 0.25) is 5.02 Å². The van der Waals surface area contributed by atoms with Crippen molar-refractivity contribution < 1.29 is 12.6 Å². The number of hydrogen-bond acceptors (Lipinski definition) is 3. The van der Waals surface area contributed by atoms with Crippen LogP contribution in [0.5, 0.6) is 5.75 Å². The molecule has 0 N–H and O–H groups in total. The smallest absolute Gasteiger partial charge is 0.369 e. The summed E-state index contributed by atoms with van der Waals surface area (Å²) in [5.41, 5.74) is 1.35. The predicted molar refractivity (Wildman–Crippen MR) is 72.3 cm³/mol. The van der Waals surface area contributed by atoms with Gasteiger partial charge in [0.1, 0.15) is 0 Å². The first-order valence-electron chi connectivity index (χ1n) is 4.95. The molecular formula is C12H8Cl2O3S. The molecule has 0 spiro atoms. The predicted octanol–water partition coefficient (Wildman–Crippen LogP) is 3.87. The first kappa shape index (κ1) is 13.2. The van der Waals surface area contributed by atoms with Gasteiger partial charge in [0.15, 0.2) is 5.75 Å². The maximum Gasteiger partial charge on any atom is 0.401 e. The van der Waals surface area contributed by atoms with Gasteiger partial charge in [-0.2, -0.15) is 8.42 Å². The van der Waals surface area contributed by atoms with Crippen molar-refractivity contribution in [3.05, 3.63) is 53.6 Å². The molecule has 2 aromatic carbocycles. The second-order valence-electron chi connectivity index (χ2n) is 3.46. The zero-order chi connectivity index (χ0) is 13.2. The minimum absolute atomic E-state index is 0.0281. The maximum atomic E-state index is 11.0. The highest BCUT2D eigenvalue weighted by Gasteiger charge is 2.16. The van der Waals surface area contributed by atoms with E-state index >= 15 is 0 Å². The minimum atomic E-state index is -4.14. The van der Waals surface area contributed by atoms with E-state index in [-0.39, 0.29) is 10.8 Å². The Morgan fingerprint density at radius 1 is 0.944 bits per heavy atom. The molecule has 0 heterocycles. The lowest BCUT2D eigenvalue weighted by molar-refractivity contribution is 0.504. The van der Waals surface area contributed by atoms with Crippen molar-refractivity contribution in [2.24, 2.45) is 0 Å². The molecular weight excluding hydrogens is 295 g/mol. The normalized spacial score (nSPS) is 11.2. The highest BCUT2D eigenvalue weighted by atomic mass is 35.7. The van der Waals surface area contributed by atoms with Crippen molar-refractivity contribution in [2.45, 2.75) is 0 Å². The van der Waals surface area contributed by atoms with Crippen LogP contribution in [0.25, 0.3) is 11.1 Å².